The maximum Gasteiger partial charge on any atom is 2.00 e. The molecular weight excluding hydrogens is 244 g/mol. The summed E-state index contributed by atoms with van der Waals surface area (Å²) in [5, 5.41) is 0. The topological polar surface area (TPSA) is 0 Å². The van der Waals surface area contributed by atoms with Crippen LogP contribution in [0.5, 0.6) is 0 Å². The van der Waals surface area contributed by atoms with Gasteiger partial charge in [-0.1, -0.05) is 0 Å². The molecule has 0 aliphatic carbocycles. The van der Waals surface area contributed by atoms with Crippen LogP contribution in [-0.2, 0) is 0 Å². The second-order valence-electron chi connectivity index (χ2n) is 0. The third-order valence-corrected chi connectivity index (χ3v) is 0. The Morgan fingerprint density at radius 3 is 0.571 bits per heavy atom. The van der Waals surface area contributed by atoms with Gasteiger partial charge in [-0.2, -0.15) is 0 Å². The summed E-state index contributed by atoms with van der Waals surface area (Å²) in [5.41, 5.74) is 0. The van der Waals surface area contributed by atoms with Gasteiger partial charge in [0.15, 0.2) is 0 Å². The molecular formula is CaCl4KNa. The van der Waals surface area contributed by atoms with Crippen molar-refractivity contribution in [3.63, 3.8) is 0 Å². The molecule has 0 bridgehead atoms. The van der Waals surface area contributed by atoms with Crippen molar-refractivity contribution in [3.8, 4) is 0 Å². The molecule has 0 aromatic heterocycles. The molecule has 0 spiro atoms. The van der Waals surface area contributed by atoms with Gasteiger partial charge in [0.05, 0.1) is 0 Å². The van der Waals surface area contributed by atoms with Crippen molar-refractivity contribution >= 4 is 37.7 Å². The minimum absolute atomic E-state index is 0. The summed E-state index contributed by atoms with van der Waals surface area (Å²) in [7, 11) is 0. The van der Waals surface area contributed by atoms with Gasteiger partial charge in [-0.3, -0.25) is 0 Å². The first-order valence-electron chi connectivity index (χ1n) is 0. The Hall–Kier alpha value is 5.06. The third-order valence-electron chi connectivity index (χ3n) is 0. The fourth-order valence-electron chi connectivity index (χ4n) is 0. The van der Waals surface area contributed by atoms with Crippen LogP contribution >= 0.6 is 0 Å². The zero-order valence-electron chi connectivity index (χ0n) is 4.22. The number of hydrogen-bond donors (Lipinski definition) is 0. The predicted octanol–water partition coefficient (Wildman–Crippen LogP) is -18.4. The summed E-state index contributed by atoms with van der Waals surface area (Å²) < 4.78 is 0. The molecule has 0 radical (unpaired) electrons. The number of hydrogen-bond acceptors (Lipinski definition) is 0. The standard InChI is InChI=1S/Ca.4ClH.K.Na/h;4*1H;;/q+2;;;;;2*+1/p-4. The molecule has 0 heterocycles. The summed E-state index contributed by atoms with van der Waals surface area (Å²) in [6.07, 6.45) is 0. The van der Waals surface area contributed by atoms with E-state index in [-0.39, 0.29) is 168 Å². The second-order valence-corrected chi connectivity index (χ2v) is 0. The maximum atomic E-state index is 0. The summed E-state index contributed by atoms with van der Waals surface area (Å²) >= 11 is 0. The monoisotopic (exact) mass is 242 g/mol. The van der Waals surface area contributed by atoms with E-state index in [0.717, 1.165) is 0 Å². The molecule has 0 amide bonds. The van der Waals surface area contributed by atoms with E-state index >= 15 is 0 Å². The summed E-state index contributed by atoms with van der Waals surface area (Å²) in [6.45, 7) is 0. The van der Waals surface area contributed by atoms with E-state index in [0.29, 0.717) is 0 Å². The number of rotatable bonds is 0. The molecule has 0 N–H and O–H groups in total. The molecule has 7 heavy (non-hydrogen) atoms. The van der Waals surface area contributed by atoms with Crippen molar-refractivity contribution < 1.29 is 131 Å². The fraction of sp³-hybridized carbons (Fsp3) is 0. The van der Waals surface area contributed by atoms with Crippen molar-refractivity contribution in [3.05, 3.63) is 0 Å². The largest absolute Gasteiger partial charge is 2.00 e. The van der Waals surface area contributed by atoms with Crippen LogP contribution in [0.4, 0.5) is 0 Å². The Balaban J connectivity index is 0. The van der Waals surface area contributed by atoms with Crippen LogP contribution in [0.15, 0.2) is 0 Å². The van der Waals surface area contributed by atoms with E-state index in [1.165, 1.54) is 0 Å². The molecule has 32 valence electrons. The van der Waals surface area contributed by atoms with E-state index in [1.807, 2.05) is 0 Å². The molecule has 0 atom stereocenters. The van der Waals surface area contributed by atoms with Gasteiger partial charge in [0.2, 0.25) is 0 Å². The van der Waals surface area contributed by atoms with Gasteiger partial charge in [0, 0.05) is 0 Å². The first kappa shape index (κ1) is 57.6. The molecule has 0 aliphatic heterocycles. The van der Waals surface area contributed by atoms with Crippen molar-refractivity contribution in [2.75, 3.05) is 0 Å². The molecule has 0 rings (SSSR count). The van der Waals surface area contributed by atoms with E-state index < -0.39 is 0 Å². The SMILES string of the molecule is [Ca+2].[Cl-].[Cl-].[Cl-].[Cl-].[K+].[Na+]. The molecule has 0 aromatic rings. The van der Waals surface area contributed by atoms with Gasteiger partial charge in [-0.15, -0.1) is 0 Å². The van der Waals surface area contributed by atoms with Crippen LogP contribution < -0.4 is 131 Å². The molecule has 0 aliphatic rings. The number of halogens is 4. The summed E-state index contributed by atoms with van der Waals surface area (Å²) in [6, 6.07) is 0. The van der Waals surface area contributed by atoms with Crippen LogP contribution in [-0.4, -0.2) is 37.7 Å². The first-order chi connectivity index (χ1) is 0. The van der Waals surface area contributed by atoms with E-state index in [2.05, 4.69) is 0 Å². The van der Waals surface area contributed by atoms with E-state index in [9.17, 15) is 0 Å². The zero-order valence-corrected chi connectivity index (χ0v) is 14.6. The average molecular weight is 244 g/mol. The van der Waals surface area contributed by atoms with E-state index in [4.69, 9.17) is 0 Å². The summed E-state index contributed by atoms with van der Waals surface area (Å²) in [4.78, 5) is 0. The molecule has 0 unspecified atom stereocenters. The Kier molecular flexibility index (Phi) is 360. The van der Waals surface area contributed by atoms with E-state index in [1.54, 1.807) is 0 Å². The molecule has 0 aromatic carbocycles. The van der Waals surface area contributed by atoms with Gasteiger partial charge in [0.25, 0.3) is 0 Å². The van der Waals surface area contributed by atoms with Gasteiger partial charge in [-0.05, 0) is 0 Å². The normalized spacial score (nSPS) is 0. The zero-order chi connectivity index (χ0) is 0. The van der Waals surface area contributed by atoms with Crippen LogP contribution in [0, 0.1) is 0 Å². The quantitative estimate of drug-likeness (QED) is 0.371. The Labute approximate surface area is 163 Å². The predicted molar refractivity (Wildman–Crippen MR) is 5.75 cm³/mol. The minimum Gasteiger partial charge on any atom is -1.00 e. The van der Waals surface area contributed by atoms with Crippen LogP contribution in [0.3, 0.4) is 0 Å². The molecule has 0 saturated carbocycles. The van der Waals surface area contributed by atoms with Gasteiger partial charge in [0.1, 0.15) is 0 Å². The van der Waals surface area contributed by atoms with Crippen molar-refractivity contribution in [2.24, 2.45) is 0 Å². The van der Waals surface area contributed by atoms with Crippen LogP contribution in [0.1, 0.15) is 0 Å². The van der Waals surface area contributed by atoms with Gasteiger partial charge >= 0.3 is 119 Å². The molecule has 7 heteroatoms. The average Bonchev–Trinajstić information content (AvgIpc) is 0. The smallest absolute Gasteiger partial charge is 1.00 e. The van der Waals surface area contributed by atoms with Crippen LogP contribution in [0.25, 0.3) is 0 Å². The maximum absolute atomic E-state index is 0. The molecule has 0 nitrogen and oxygen atoms in total. The first-order valence-corrected chi connectivity index (χ1v) is 0. The Bertz CT molecular complexity index is 11.7. The molecule has 0 fully saturated rings. The fourth-order valence-corrected chi connectivity index (χ4v) is 0. The van der Waals surface area contributed by atoms with Gasteiger partial charge < -0.3 is 49.6 Å². The Morgan fingerprint density at radius 2 is 0.571 bits per heavy atom. The van der Waals surface area contributed by atoms with Crippen molar-refractivity contribution in [2.45, 2.75) is 0 Å². The Morgan fingerprint density at radius 1 is 0.571 bits per heavy atom. The summed E-state index contributed by atoms with van der Waals surface area (Å²) in [5.74, 6) is 0. The molecule has 0 saturated heterocycles. The second kappa shape index (κ2) is 43.7. The van der Waals surface area contributed by atoms with Crippen molar-refractivity contribution in [1.29, 1.82) is 0 Å². The van der Waals surface area contributed by atoms with Gasteiger partial charge in [-0.25, -0.2) is 0 Å². The third kappa shape index (κ3) is 35.5. The van der Waals surface area contributed by atoms with Crippen molar-refractivity contribution in [1.82, 2.24) is 0 Å². The minimum atomic E-state index is 0. The van der Waals surface area contributed by atoms with Crippen LogP contribution in [0.2, 0.25) is 0 Å².